The van der Waals surface area contributed by atoms with E-state index in [1.54, 1.807) is 0 Å². The molecule has 1 heterocycles. The van der Waals surface area contributed by atoms with E-state index in [0.29, 0.717) is 18.6 Å². The Hall–Kier alpha value is -1.09. The maximum absolute atomic E-state index is 5.55. The highest BCUT2D eigenvalue weighted by atomic mass is 16.5. The largest absolute Gasteiger partial charge is 0.492 e. The summed E-state index contributed by atoms with van der Waals surface area (Å²) in [7, 11) is 0. The zero-order valence-electron chi connectivity index (χ0n) is 12.2. The average Bonchev–Trinajstić information content (AvgIpc) is 2.46. The van der Waals surface area contributed by atoms with Crippen LogP contribution in [0.1, 0.15) is 57.4 Å². The van der Waals surface area contributed by atoms with Crippen LogP contribution < -0.4 is 10.1 Å². The Morgan fingerprint density at radius 1 is 1.32 bits per heavy atom. The summed E-state index contributed by atoms with van der Waals surface area (Å²) in [5, 5.41) is 3.66. The van der Waals surface area contributed by atoms with Crippen LogP contribution in [0, 0.1) is 0 Å². The molecule has 1 saturated carbocycles. The first kappa shape index (κ1) is 14.3. The van der Waals surface area contributed by atoms with Gasteiger partial charge in [-0.05, 0) is 56.7 Å². The molecular formula is C16H26N2O. The van der Waals surface area contributed by atoms with Crippen molar-refractivity contribution in [1.29, 1.82) is 0 Å². The van der Waals surface area contributed by atoms with Gasteiger partial charge in [-0.25, -0.2) is 0 Å². The Morgan fingerprint density at radius 3 is 3.00 bits per heavy atom. The van der Waals surface area contributed by atoms with Gasteiger partial charge in [-0.2, -0.15) is 0 Å². The number of hydrogen-bond donors (Lipinski definition) is 1. The summed E-state index contributed by atoms with van der Waals surface area (Å²) in [6.45, 7) is 6.08. The number of nitrogens with one attached hydrogen (secondary N) is 1. The standard InChI is InChI=1S/C16H26N2O/c1-3-8-18-15-7-5-6-13(9-15)14-10-16(19-4-2)12-17-11-14/h10-13,15,18H,3-9H2,1-2H3. The molecule has 2 rings (SSSR count). The van der Waals surface area contributed by atoms with Crippen LogP contribution in [-0.2, 0) is 0 Å². The molecule has 1 aliphatic rings. The van der Waals surface area contributed by atoms with Crippen LogP contribution in [0.4, 0.5) is 0 Å². The molecule has 0 aromatic carbocycles. The lowest BCUT2D eigenvalue weighted by Crippen LogP contribution is -2.34. The average molecular weight is 262 g/mol. The molecule has 106 valence electrons. The van der Waals surface area contributed by atoms with Crippen molar-refractivity contribution in [3.05, 3.63) is 24.0 Å². The summed E-state index contributed by atoms with van der Waals surface area (Å²) in [4.78, 5) is 4.32. The number of ether oxygens (including phenoxy) is 1. The van der Waals surface area contributed by atoms with E-state index in [4.69, 9.17) is 4.74 Å². The van der Waals surface area contributed by atoms with Gasteiger partial charge in [0.1, 0.15) is 5.75 Å². The highest BCUT2D eigenvalue weighted by Crippen LogP contribution is 2.33. The third-order valence-corrected chi connectivity index (χ3v) is 3.87. The molecule has 0 aliphatic heterocycles. The molecule has 3 nitrogen and oxygen atoms in total. The summed E-state index contributed by atoms with van der Waals surface area (Å²) in [5.41, 5.74) is 1.34. The number of hydrogen-bond acceptors (Lipinski definition) is 3. The lowest BCUT2D eigenvalue weighted by atomic mass is 9.82. The van der Waals surface area contributed by atoms with E-state index in [1.807, 2.05) is 19.3 Å². The quantitative estimate of drug-likeness (QED) is 0.852. The molecule has 1 aromatic rings. The van der Waals surface area contributed by atoms with E-state index in [-0.39, 0.29) is 0 Å². The van der Waals surface area contributed by atoms with Crippen molar-refractivity contribution >= 4 is 0 Å². The molecule has 0 bridgehead atoms. The fourth-order valence-corrected chi connectivity index (χ4v) is 2.93. The van der Waals surface area contributed by atoms with Gasteiger partial charge in [0.25, 0.3) is 0 Å². The second-order valence-electron chi connectivity index (χ2n) is 5.40. The van der Waals surface area contributed by atoms with Gasteiger partial charge in [-0.3, -0.25) is 4.98 Å². The highest BCUT2D eigenvalue weighted by Gasteiger charge is 2.23. The molecule has 0 amide bonds. The Labute approximate surface area is 116 Å². The summed E-state index contributed by atoms with van der Waals surface area (Å²) in [6, 6.07) is 2.85. The molecule has 2 atom stereocenters. The van der Waals surface area contributed by atoms with E-state index in [1.165, 1.54) is 37.7 Å². The SMILES string of the molecule is CCCNC1CCCC(c2cncc(OCC)c2)C1. The van der Waals surface area contributed by atoms with Crippen molar-refractivity contribution in [3.63, 3.8) is 0 Å². The van der Waals surface area contributed by atoms with Gasteiger partial charge in [0.15, 0.2) is 0 Å². The van der Waals surface area contributed by atoms with E-state index in [0.717, 1.165) is 12.3 Å². The highest BCUT2D eigenvalue weighted by molar-refractivity contribution is 5.26. The van der Waals surface area contributed by atoms with E-state index in [9.17, 15) is 0 Å². The predicted molar refractivity (Wildman–Crippen MR) is 78.7 cm³/mol. The minimum Gasteiger partial charge on any atom is -0.492 e. The minimum absolute atomic E-state index is 0.635. The molecule has 0 radical (unpaired) electrons. The third-order valence-electron chi connectivity index (χ3n) is 3.87. The fraction of sp³-hybridized carbons (Fsp3) is 0.688. The van der Waals surface area contributed by atoms with Crippen LogP contribution in [0.2, 0.25) is 0 Å². The number of rotatable bonds is 6. The summed E-state index contributed by atoms with van der Waals surface area (Å²) in [6.07, 6.45) is 10.2. The molecule has 19 heavy (non-hydrogen) atoms. The summed E-state index contributed by atoms with van der Waals surface area (Å²) in [5.74, 6) is 1.54. The van der Waals surface area contributed by atoms with Crippen molar-refractivity contribution in [1.82, 2.24) is 10.3 Å². The van der Waals surface area contributed by atoms with Crippen LogP contribution in [0.3, 0.4) is 0 Å². The van der Waals surface area contributed by atoms with Crippen molar-refractivity contribution < 1.29 is 4.74 Å². The smallest absolute Gasteiger partial charge is 0.137 e. The van der Waals surface area contributed by atoms with Crippen molar-refractivity contribution in [2.24, 2.45) is 0 Å². The third kappa shape index (κ3) is 4.20. The fourth-order valence-electron chi connectivity index (χ4n) is 2.93. The Balaban J connectivity index is 1.98. The maximum Gasteiger partial charge on any atom is 0.137 e. The van der Waals surface area contributed by atoms with Crippen LogP contribution in [0.25, 0.3) is 0 Å². The minimum atomic E-state index is 0.635. The van der Waals surface area contributed by atoms with Crippen LogP contribution in [-0.4, -0.2) is 24.2 Å². The van der Waals surface area contributed by atoms with Crippen molar-refractivity contribution in [3.8, 4) is 5.75 Å². The van der Waals surface area contributed by atoms with E-state index < -0.39 is 0 Å². The van der Waals surface area contributed by atoms with Crippen LogP contribution in [0.5, 0.6) is 5.75 Å². The van der Waals surface area contributed by atoms with Crippen LogP contribution >= 0.6 is 0 Å². The zero-order chi connectivity index (χ0) is 13.5. The lowest BCUT2D eigenvalue weighted by Gasteiger charge is -2.30. The molecule has 1 aromatic heterocycles. The molecule has 1 fully saturated rings. The van der Waals surface area contributed by atoms with Gasteiger partial charge in [0.05, 0.1) is 12.8 Å². The molecule has 3 heteroatoms. The number of pyridine rings is 1. The monoisotopic (exact) mass is 262 g/mol. The first-order valence-electron chi connectivity index (χ1n) is 7.64. The predicted octanol–water partition coefficient (Wildman–Crippen LogP) is 3.51. The zero-order valence-corrected chi connectivity index (χ0v) is 12.2. The maximum atomic E-state index is 5.55. The topological polar surface area (TPSA) is 34.2 Å². The first-order valence-corrected chi connectivity index (χ1v) is 7.64. The Bertz CT molecular complexity index is 381. The Kier molecular flexibility index (Phi) is 5.64. The number of aromatic nitrogens is 1. The van der Waals surface area contributed by atoms with Gasteiger partial charge in [-0.1, -0.05) is 13.3 Å². The molecule has 0 spiro atoms. The Morgan fingerprint density at radius 2 is 2.21 bits per heavy atom. The number of nitrogens with zero attached hydrogens (tertiary/aromatic N) is 1. The van der Waals surface area contributed by atoms with Crippen LogP contribution in [0.15, 0.2) is 18.5 Å². The summed E-state index contributed by atoms with van der Waals surface area (Å²) >= 11 is 0. The van der Waals surface area contributed by atoms with Gasteiger partial charge in [0, 0.05) is 12.2 Å². The van der Waals surface area contributed by atoms with Gasteiger partial charge in [-0.15, -0.1) is 0 Å². The molecule has 0 saturated heterocycles. The molecule has 1 aliphatic carbocycles. The summed E-state index contributed by atoms with van der Waals surface area (Å²) < 4.78 is 5.55. The van der Waals surface area contributed by atoms with Crippen molar-refractivity contribution in [2.75, 3.05) is 13.2 Å². The molecule has 2 unspecified atom stereocenters. The van der Waals surface area contributed by atoms with Gasteiger partial charge < -0.3 is 10.1 Å². The second kappa shape index (κ2) is 7.49. The first-order chi connectivity index (χ1) is 9.33. The van der Waals surface area contributed by atoms with Crippen molar-refractivity contribution in [2.45, 2.75) is 57.9 Å². The van der Waals surface area contributed by atoms with E-state index in [2.05, 4.69) is 23.3 Å². The normalized spacial score (nSPS) is 23.3. The molecule has 1 N–H and O–H groups in total. The van der Waals surface area contributed by atoms with Gasteiger partial charge in [0.2, 0.25) is 0 Å². The second-order valence-corrected chi connectivity index (χ2v) is 5.40. The lowest BCUT2D eigenvalue weighted by molar-refractivity contribution is 0.329. The van der Waals surface area contributed by atoms with Gasteiger partial charge >= 0.3 is 0 Å². The van der Waals surface area contributed by atoms with E-state index >= 15 is 0 Å². The molecular weight excluding hydrogens is 236 g/mol.